The van der Waals surface area contributed by atoms with E-state index in [1.807, 2.05) is 42.8 Å². The molecular formula is C11H10BrClN2. The lowest BCUT2D eigenvalue weighted by Gasteiger charge is -2.04. The molecule has 0 saturated carbocycles. The minimum atomic E-state index is 0.734. The molecule has 2 aromatic rings. The summed E-state index contributed by atoms with van der Waals surface area (Å²) in [5.74, 6) is 0.969. The molecule has 15 heavy (non-hydrogen) atoms. The third kappa shape index (κ3) is 1.94. The van der Waals surface area contributed by atoms with Crippen molar-refractivity contribution in [2.45, 2.75) is 6.92 Å². The van der Waals surface area contributed by atoms with Crippen molar-refractivity contribution in [2.24, 2.45) is 7.05 Å². The largest absolute Gasteiger partial charge is 0.330 e. The van der Waals surface area contributed by atoms with Crippen molar-refractivity contribution in [2.75, 3.05) is 0 Å². The van der Waals surface area contributed by atoms with Crippen molar-refractivity contribution in [1.29, 1.82) is 0 Å². The van der Waals surface area contributed by atoms with E-state index in [-0.39, 0.29) is 0 Å². The molecule has 0 unspecified atom stereocenters. The first-order valence-electron chi connectivity index (χ1n) is 4.54. The Morgan fingerprint density at radius 1 is 1.40 bits per heavy atom. The standard InChI is InChI=1S/C11H10BrClN2/c1-7-14-11(12)10(15(7)2)8-4-3-5-9(13)6-8/h3-6H,1-2H3. The third-order valence-corrected chi connectivity index (χ3v) is 3.16. The number of nitrogens with zero attached hydrogens (tertiary/aromatic N) is 2. The van der Waals surface area contributed by atoms with Gasteiger partial charge in [0.1, 0.15) is 10.4 Å². The van der Waals surface area contributed by atoms with Gasteiger partial charge in [0.05, 0.1) is 5.69 Å². The fourth-order valence-electron chi connectivity index (χ4n) is 1.52. The highest BCUT2D eigenvalue weighted by Gasteiger charge is 2.11. The van der Waals surface area contributed by atoms with E-state index in [1.165, 1.54) is 0 Å². The zero-order chi connectivity index (χ0) is 11.0. The highest BCUT2D eigenvalue weighted by molar-refractivity contribution is 9.10. The molecule has 0 bridgehead atoms. The molecule has 4 heteroatoms. The summed E-state index contributed by atoms with van der Waals surface area (Å²) in [6.45, 7) is 1.97. The van der Waals surface area contributed by atoms with Gasteiger partial charge < -0.3 is 4.57 Å². The van der Waals surface area contributed by atoms with Crippen LogP contribution in [0.15, 0.2) is 28.9 Å². The maximum atomic E-state index is 5.96. The Kier molecular flexibility index (Phi) is 2.85. The first-order chi connectivity index (χ1) is 7.09. The van der Waals surface area contributed by atoms with Gasteiger partial charge in [0.15, 0.2) is 0 Å². The predicted molar refractivity (Wildman–Crippen MR) is 66.1 cm³/mol. The molecule has 0 radical (unpaired) electrons. The number of hydrogen-bond donors (Lipinski definition) is 0. The molecule has 0 aliphatic rings. The summed E-state index contributed by atoms with van der Waals surface area (Å²) >= 11 is 9.42. The van der Waals surface area contributed by atoms with Gasteiger partial charge in [-0.25, -0.2) is 4.98 Å². The Bertz CT molecular complexity index is 505. The van der Waals surface area contributed by atoms with Gasteiger partial charge in [0, 0.05) is 17.6 Å². The number of imidazole rings is 1. The monoisotopic (exact) mass is 284 g/mol. The van der Waals surface area contributed by atoms with Crippen molar-refractivity contribution in [3.8, 4) is 11.3 Å². The molecule has 2 rings (SSSR count). The van der Waals surface area contributed by atoms with E-state index in [0.717, 1.165) is 26.7 Å². The van der Waals surface area contributed by atoms with E-state index >= 15 is 0 Å². The number of benzene rings is 1. The van der Waals surface area contributed by atoms with E-state index in [9.17, 15) is 0 Å². The maximum Gasteiger partial charge on any atom is 0.132 e. The number of hydrogen-bond acceptors (Lipinski definition) is 1. The van der Waals surface area contributed by atoms with Crippen LogP contribution in [0.3, 0.4) is 0 Å². The fraction of sp³-hybridized carbons (Fsp3) is 0.182. The summed E-state index contributed by atoms with van der Waals surface area (Å²) in [4.78, 5) is 4.35. The number of halogens is 2. The van der Waals surface area contributed by atoms with Gasteiger partial charge in [-0.2, -0.15) is 0 Å². The Morgan fingerprint density at radius 3 is 2.67 bits per heavy atom. The van der Waals surface area contributed by atoms with Gasteiger partial charge >= 0.3 is 0 Å². The number of aryl methyl sites for hydroxylation is 1. The van der Waals surface area contributed by atoms with Crippen LogP contribution < -0.4 is 0 Å². The van der Waals surface area contributed by atoms with Gasteiger partial charge in [-0.15, -0.1) is 0 Å². The van der Waals surface area contributed by atoms with E-state index < -0.39 is 0 Å². The predicted octanol–water partition coefficient (Wildman–Crippen LogP) is 3.81. The smallest absolute Gasteiger partial charge is 0.132 e. The van der Waals surface area contributed by atoms with Crippen LogP contribution in [0, 0.1) is 6.92 Å². The SMILES string of the molecule is Cc1nc(Br)c(-c2cccc(Cl)c2)n1C. The van der Waals surface area contributed by atoms with Crippen LogP contribution in [0.4, 0.5) is 0 Å². The molecule has 0 fully saturated rings. The van der Waals surface area contributed by atoms with Gasteiger partial charge in [-0.3, -0.25) is 0 Å². The second-order valence-electron chi connectivity index (χ2n) is 3.37. The quantitative estimate of drug-likeness (QED) is 0.779. The Balaban J connectivity index is 2.63. The molecule has 2 nitrogen and oxygen atoms in total. The highest BCUT2D eigenvalue weighted by Crippen LogP contribution is 2.29. The molecule has 0 spiro atoms. The maximum absolute atomic E-state index is 5.96. The minimum absolute atomic E-state index is 0.734. The molecule has 0 atom stereocenters. The second kappa shape index (κ2) is 3.99. The van der Waals surface area contributed by atoms with Crippen LogP contribution in [-0.2, 0) is 7.05 Å². The molecule has 0 aliphatic heterocycles. The average molecular weight is 286 g/mol. The summed E-state index contributed by atoms with van der Waals surface area (Å²) in [5.41, 5.74) is 2.12. The molecule has 1 aromatic heterocycles. The van der Waals surface area contributed by atoms with Gasteiger partial charge in [0.25, 0.3) is 0 Å². The van der Waals surface area contributed by atoms with Gasteiger partial charge in [0.2, 0.25) is 0 Å². The van der Waals surface area contributed by atoms with Crippen LogP contribution in [0.5, 0.6) is 0 Å². The van der Waals surface area contributed by atoms with E-state index in [4.69, 9.17) is 11.6 Å². The van der Waals surface area contributed by atoms with Crippen LogP contribution in [-0.4, -0.2) is 9.55 Å². The zero-order valence-corrected chi connectivity index (χ0v) is 10.8. The normalized spacial score (nSPS) is 10.7. The fourth-order valence-corrected chi connectivity index (χ4v) is 2.46. The molecule has 0 aliphatic carbocycles. The Morgan fingerprint density at radius 2 is 2.13 bits per heavy atom. The molecule has 1 heterocycles. The van der Waals surface area contributed by atoms with Crippen molar-refractivity contribution in [3.63, 3.8) is 0 Å². The zero-order valence-electron chi connectivity index (χ0n) is 8.46. The topological polar surface area (TPSA) is 17.8 Å². The van der Waals surface area contributed by atoms with E-state index in [2.05, 4.69) is 20.9 Å². The van der Waals surface area contributed by atoms with E-state index in [1.54, 1.807) is 0 Å². The molecule has 0 saturated heterocycles. The second-order valence-corrected chi connectivity index (χ2v) is 4.56. The molecule has 1 aromatic carbocycles. The molecule has 0 amide bonds. The summed E-state index contributed by atoms with van der Waals surface area (Å²) in [7, 11) is 1.99. The van der Waals surface area contributed by atoms with E-state index in [0.29, 0.717) is 0 Å². The van der Waals surface area contributed by atoms with Crippen LogP contribution >= 0.6 is 27.5 Å². The van der Waals surface area contributed by atoms with Gasteiger partial charge in [-0.1, -0.05) is 23.7 Å². The minimum Gasteiger partial charge on any atom is -0.330 e. The van der Waals surface area contributed by atoms with Crippen molar-refractivity contribution in [3.05, 3.63) is 39.7 Å². The summed E-state index contributed by atoms with van der Waals surface area (Å²) < 4.78 is 2.89. The van der Waals surface area contributed by atoms with Crippen LogP contribution in [0.1, 0.15) is 5.82 Å². The Hall–Kier alpha value is -0.800. The summed E-state index contributed by atoms with van der Waals surface area (Å²) in [6, 6.07) is 7.75. The summed E-state index contributed by atoms with van der Waals surface area (Å²) in [5, 5.41) is 0.734. The summed E-state index contributed by atoms with van der Waals surface area (Å²) in [6.07, 6.45) is 0. The molecular weight excluding hydrogens is 275 g/mol. The van der Waals surface area contributed by atoms with Crippen LogP contribution in [0.25, 0.3) is 11.3 Å². The third-order valence-electron chi connectivity index (χ3n) is 2.37. The van der Waals surface area contributed by atoms with Crippen molar-refractivity contribution in [1.82, 2.24) is 9.55 Å². The lowest BCUT2D eigenvalue weighted by molar-refractivity contribution is 0.865. The van der Waals surface area contributed by atoms with Gasteiger partial charge in [-0.05, 0) is 35.0 Å². The lowest BCUT2D eigenvalue weighted by Crippen LogP contribution is -1.94. The van der Waals surface area contributed by atoms with Crippen molar-refractivity contribution >= 4 is 27.5 Å². The molecule has 78 valence electrons. The number of aromatic nitrogens is 2. The molecule has 0 N–H and O–H groups in total. The van der Waals surface area contributed by atoms with Crippen LogP contribution in [0.2, 0.25) is 5.02 Å². The highest BCUT2D eigenvalue weighted by atomic mass is 79.9. The first-order valence-corrected chi connectivity index (χ1v) is 5.71. The Labute approximate surface area is 102 Å². The lowest BCUT2D eigenvalue weighted by atomic mass is 10.2. The average Bonchev–Trinajstić information content (AvgIpc) is 2.41. The number of rotatable bonds is 1. The first kappa shape index (κ1) is 10.7. The van der Waals surface area contributed by atoms with Crippen molar-refractivity contribution < 1.29 is 0 Å².